The molecule has 0 unspecified atom stereocenters. The lowest BCUT2D eigenvalue weighted by Crippen LogP contribution is -2.46. The number of benzene rings is 2. The van der Waals surface area contributed by atoms with E-state index >= 15 is 0 Å². The van der Waals surface area contributed by atoms with Gasteiger partial charge in [-0.1, -0.05) is 43.7 Å². The summed E-state index contributed by atoms with van der Waals surface area (Å²) in [5, 5.41) is 1.18. The standard InChI is InChI=1S/C28H37N3O3/c1-5-6-11-27(32)31(21(2)3)20-28(33)30(19-22-12-14-24(34-4)15-13-22)17-16-23-18-29-26-10-8-7-9-25(23)26/h7-10,12-15,18,21,29H,5-6,11,16-17,19-20H2,1-4H3. The van der Waals surface area contributed by atoms with Gasteiger partial charge in [-0.3, -0.25) is 9.59 Å². The lowest BCUT2D eigenvalue weighted by Gasteiger charge is -2.30. The molecule has 0 aliphatic carbocycles. The van der Waals surface area contributed by atoms with Gasteiger partial charge in [0.1, 0.15) is 5.75 Å². The van der Waals surface area contributed by atoms with Crippen LogP contribution in [0.5, 0.6) is 5.75 Å². The maximum Gasteiger partial charge on any atom is 0.242 e. The number of rotatable bonds is 12. The zero-order chi connectivity index (χ0) is 24.5. The average molecular weight is 464 g/mol. The van der Waals surface area contributed by atoms with E-state index in [-0.39, 0.29) is 24.4 Å². The minimum absolute atomic E-state index is 0.0234. The Bertz CT molecular complexity index is 1070. The Morgan fingerprint density at radius 3 is 2.44 bits per heavy atom. The topological polar surface area (TPSA) is 65.6 Å². The highest BCUT2D eigenvalue weighted by atomic mass is 16.5. The van der Waals surface area contributed by atoms with Crippen molar-refractivity contribution < 1.29 is 14.3 Å². The van der Waals surface area contributed by atoms with Gasteiger partial charge in [0.2, 0.25) is 11.8 Å². The second-order valence-electron chi connectivity index (χ2n) is 8.99. The molecule has 6 nitrogen and oxygen atoms in total. The molecule has 0 spiro atoms. The van der Waals surface area contributed by atoms with E-state index in [0.717, 1.165) is 36.1 Å². The summed E-state index contributed by atoms with van der Waals surface area (Å²) in [5.74, 6) is 0.799. The second-order valence-corrected chi connectivity index (χ2v) is 8.99. The fraction of sp³-hybridized carbons (Fsp3) is 0.429. The molecule has 0 fully saturated rings. The molecule has 2 amide bonds. The van der Waals surface area contributed by atoms with E-state index in [1.807, 2.05) is 61.3 Å². The first-order chi connectivity index (χ1) is 16.4. The van der Waals surface area contributed by atoms with Crippen LogP contribution in [0.1, 0.15) is 51.2 Å². The number of nitrogens with one attached hydrogen (secondary N) is 1. The van der Waals surface area contributed by atoms with Gasteiger partial charge in [0.15, 0.2) is 0 Å². The summed E-state index contributed by atoms with van der Waals surface area (Å²) in [5.41, 5.74) is 3.31. The van der Waals surface area contributed by atoms with Gasteiger partial charge in [-0.05, 0) is 56.0 Å². The van der Waals surface area contributed by atoms with E-state index in [4.69, 9.17) is 4.74 Å². The molecular weight excluding hydrogens is 426 g/mol. The molecular formula is C28H37N3O3. The Labute approximate surface area is 202 Å². The maximum absolute atomic E-state index is 13.5. The molecule has 0 radical (unpaired) electrons. The van der Waals surface area contributed by atoms with Crippen LogP contribution in [0.25, 0.3) is 10.9 Å². The number of carbonyl (C=O) groups is 2. The highest BCUT2D eigenvalue weighted by molar-refractivity contribution is 5.85. The number of methoxy groups -OCH3 is 1. The number of hydrogen-bond donors (Lipinski definition) is 1. The summed E-state index contributed by atoms with van der Waals surface area (Å²) in [6, 6.07) is 16.0. The summed E-state index contributed by atoms with van der Waals surface area (Å²) in [6.07, 6.45) is 5.04. The van der Waals surface area contributed by atoms with Gasteiger partial charge in [-0.25, -0.2) is 0 Å². The van der Waals surface area contributed by atoms with Crippen LogP contribution < -0.4 is 4.74 Å². The van der Waals surface area contributed by atoms with Crippen molar-refractivity contribution in [3.63, 3.8) is 0 Å². The molecule has 6 heteroatoms. The van der Waals surface area contributed by atoms with Crippen LogP contribution in [0.3, 0.4) is 0 Å². The average Bonchev–Trinajstić information content (AvgIpc) is 3.26. The van der Waals surface area contributed by atoms with Crippen LogP contribution in [-0.4, -0.2) is 52.8 Å². The van der Waals surface area contributed by atoms with Crippen LogP contribution >= 0.6 is 0 Å². The number of carbonyl (C=O) groups excluding carboxylic acids is 2. The minimum atomic E-state index is -0.0331. The predicted molar refractivity (Wildman–Crippen MR) is 137 cm³/mol. The number of aromatic nitrogens is 1. The fourth-order valence-corrected chi connectivity index (χ4v) is 4.11. The number of H-pyrrole nitrogens is 1. The number of hydrogen-bond acceptors (Lipinski definition) is 3. The van der Waals surface area contributed by atoms with E-state index in [1.54, 1.807) is 12.0 Å². The smallest absolute Gasteiger partial charge is 0.242 e. The molecule has 34 heavy (non-hydrogen) atoms. The molecule has 3 aromatic rings. The number of unbranched alkanes of at least 4 members (excludes halogenated alkanes) is 1. The van der Waals surface area contributed by atoms with Gasteiger partial charge in [0.05, 0.1) is 13.7 Å². The van der Waals surface area contributed by atoms with E-state index in [2.05, 4.69) is 24.0 Å². The predicted octanol–water partition coefficient (Wildman–Crippen LogP) is 5.18. The van der Waals surface area contributed by atoms with Crippen molar-refractivity contribution in [1.82, 2.24) is 14.8 Å². The monoisotopic (exact) mass is 463 g/mol. The number of para-hydroxylation sites is 1. The molecule has 0 aliphatic rings. The van der Waals surface area contributed by atoms with Crippen molar-refractivity contribution in [2.45, 2.75) is 59.0 Å². The van der Waals surface area contributed by atoms with Crippen LogP contribution in [0.4, 0.5) is 0 Å². The summed E-state index contributed by atoms with van der Waals surface area (Å²) < 4.78 is 5.27. The largest absolute Gasteiger partial charge is 0.497 e. The van der Waals surface area contributed by atoms with Crippen molar-refractivity contribution in [1.29, 1.82) is 0 Å². The van der Waals surface area contributed by atoms with E-state index in [0.29, 0.717) is 19.5 Å². The molecule has 1 N–H and O–H groups in total. The van der Waals surface area contributed by atoms with Crippen LogP contribution in [0.15, 0.2) is 54.7 Å². The SMILES string of the molecule is CCCCC(=O)N(CC(=O)N(CCc1c[nH]c2ccccc12)Cc1ccc(OC)cc1)C(C)C. The molecule has 1 aromatic heterocycles. The van der Waals surface area contributed by atoms with E-state index in [9.17, 15) is 9.59 Å². The fourth-order valence-electron chi connectivity index (χ4n) is 4.11. The molecule has 2 aromatic carbocycles. The molecule has 0 saturated carbocycles. The number of fused-ring (bicyclic) bond motifs is 1. The number of ether oxygens (including phenoxy) is 1. The lowest BCUT2D eigenvalue weighted by atomic mass is 10.1. The van der Waals surface area contributed by atoms with Gasteiger partial charge < -0.3 is 19.5 Å². The van der Waals surface area contributed by atoms with Crippen LogP contribution in [-0.2, 0) is 22.6 Å². The first kappa shape index (κ1) is 25.3. The van der Waals surface area contributed by atoms with Crippen molar-refractivity contribution in [3.05, 3.63) is 65.9 Å². The Balaban J connectivity index is 1.77. The Morgan fingerprint density at radius 2 is 1.76 bits per heavy atom. The van der Waals surface area contributed by atoms with E-state index in [1.165, 1.54) is 10.9 Å². The summed E-state index contributed by atoms with van der Waals surface area (Å²) in [4.78, 5) is 33.1. The normalized spacial score (nSPS) is 11.1. The van der Waals surface area contributed by atoms with Crippen LogP contribution in [0.2, 0.25) is 0 Å². The van der Waals surface area contributed by atoms with E-state index < -0.39 is 0 Å². The molecule has 0 saturated heterocycles. The van der Waals surface area contributed by atoms with Crippen molar-refractivity contribution in [2.75, 3.05) is 20.2 Å². The highest BCUT2D eigenvalue weighted by Crippen LogP contribution is 2.20. The first-order valence-electron chi connectivity index (χ1n) is 12.2. The molecule has 182 valence electrons. The minimum Gasteiger partial charge on any atom is -0.497 e. The second kappa shape index (κ2) is 12.3. The highest BCUT2D eigenvalue weighted by Gasteiger charge is 2.23. The van der Waals surface area contributed by atoms with Crippen molar-refractivity contribution >= 4 is 22.7 Å². The molecule has 1 heterocycles. The Hall–Kier alpha value is -3.28. The maximum atomic E-state index is 13.5. The lowest BCUT2D eigenvalue weighted by molar-refractivity contribution is -0.142. The van der Waals surface area contributed by atoms with Gasteiger partial charge in [-0.15, -0.1) is 0 Å². The van der Waals surface area contributed by atoms with Gasteiger partial charge in [0, 0.05) is 42.7 Å². The third-order valence-electron chi connectivity index (χ3n) is 6.20. The molecule has 0 bridgehead atoms. The third kappa shape index (κ3) is 6.62. The number of amides is 2. The summed E-state index contributed by atoms with van der Waals surface area (Å²) >= 11 is 0. The number of nitrogens with zero attached hydrogens (tertiary/aromatic N) is 2. The molecule has 0 aliphatic heterocycles. The summed E-state index contributed by atoms with van der Waals surface area (Å²) in [6.45, 7) is 7.17. The first-order valence-corrected chi connectivity index (χ1v) is 12.2. The Morgan fingerprint density at radius 1 is 1.03 bits per heavy atom. The quantitative estimate of drug-likeness (QED) is 0.403. The Kier molecular flexibility index (Phi) is 9.14. The summed E-state index contributed by atoms with van der Waals surface area (Å²) in [7, 11) is 1.64. The number of aromatic amines is 1. The van der Waals surface area contributed by atoms with Crippen molar-refractivity contribution in [3.8, 4) is 5.75 Å². The molecule has 0 atom stereocenters. The van der Waals surface area contributed by atoms with Crippen LogP contribution in [0, 0.1) is 0 Å². The zero-order valence-electron chi connectivity index (χ0n) is 20.8. The molecule has 3 rings (SSSR count). The third-order valence-corrected chi connectivity index (χ3v) is 6.20. The van der Waals surface area contributed by atoms with Gasteiger partial charge >= 0.3 is 0 Å². The zero-order valence-corrected chi connectivity index (χ0v) is 20.8. The van der Waals surface area contributed by atoms with Gasteiger partial charge in [0.25, 0.3) is 0 Å². The van der Waals surface area contributed by atoms with Crippen molar-refractivity contribution in [2.24, 2.45) is 0 Å². The van der Waals surface area contributed by atoms with Gasteiger partial charge in [-0.2, -0.15) is 0 Å².